The predicted octanol–water partition coefficient (Wildman–Crippen LogP) is 1.38. The van der Waals surface area contributed by atoms with Gasteiger partial charge in [-0.05, 0) is 24.3 Å². The lowest BCUT2D eigenvalue weighted by molar-refractivity contribution is -0.384. The molecule has 1 heterocycles. The molecule has 1 aliphatic rings. The molecule has 2 aromatic rings. The van der Waals surface area contributed by atoms with E-state index < -0.39 is 35.3 Å². The summed E-state index contributed by atoms with van der Waals surface area (Å²) in [6.45, 7) is -0.218. The van der Waals surface area contributed by atoms with Crippen molar-refractivity contribution in [2.75, 3.05) is 11.9 Å². The number of rotatable bonds is 5. The van der Waals surface area contributed by atoms with Crippen molar-refractivity contribution in [2.24, 2.45) is 0 Å². The highest BCUT2D eigenvalue weighted by Crippen LogP contribution is 2.31. The van der Waals surface area contributed by atoms with Crippen LogP contribution in [0.3, 0.4) is 0 Å². The summed E-state index contributed by atoms with van der Waals surface area (Å²) in [7, 11) is 0. The van der Waals surface area contributed by atoms with Gasteiger partial charge in [0.25, 0.3) is 5.69 Å². The molecule has 0 aliphatic carbocycles. The Morgan fingerprint density at radius 1 is 1.11 bits per heavy atom. The fourth-order valence-electron chi connectivity index (χ4n) is 2.57. The number of ether oxygens (including phenoxy) is 2. The fourth-order valence-corrected chi connectivity index (χ4v) is 2.57. The molecule has 4 unspecified atom stereocenters. The van der Waals surface area contributed by atoms with Gasteiger partial charge >= 0.3 is 0 Å². The molecular weight excluding hydrogens is 363 g/mol. The molecule has 0 spiro atoms. The van der Waals surface area contributed by atoms with E-state index in [0.29, 0.717) is 0 Å². The number of nitro benzene ring substituents is 1. The van der Waals surface area contributed by atoms with Gasteiger partial charge < -0.3 is 30.1 Å². The highest BCUT2D eigenvalue weighted by Gasteiger charge is 2.37. The van der Waals surface area contributed by atoms with Gasteiger partial charge in [0.1, 0.15) is 35.6 Å². The molecular formula is C17H17FN2O7. The van der Waals surface area contributed by atoms with E-state index in [1.54, 1.807) is 0 Å². The standard InChI is InChI=1S/C17H17FN2O7/c18-9-1-3-12(4-2-9)27-13-6-10(5-11(7-13)20(24)25)19-17-16(23)15(22)14(21)8-26-17/h1-7,14-17,19,21-23H,8H2. The Labute approximate surface area is 152 Å². The summed E-state index contributed by atoms with van der Waals surface area (Å²) in [5, 5.41) is 43.1. The Balaban J connectivity index is 1.83. The van der Waals surface area contributed by atoms with Gasteiger partial charge in [-0.2, -0.15) is 0 Å². The lowest BCUT2D eigenvalue weighted by Crippen LogP contribution is -2.55. The number of halogens is 1. The average Bonchev–Trinajstić information content (AvgIpc) is 2.64. The van der Waals surface area contributed by atoms with E-state index in [4.69, 9.17) is 9.47 Å². The second kappa shape index (κ2) is 7.84. The van der Waals surface area contributed by atoms with Gasteiger partial charge in [-0.3, -0.25) is 10.1 Å². The minimum atomic E-state index is -1.45. The largest absolute Gasteiger partial charge is 0.457 e. The summed E-state index contributed by atoms with van der Waals surface area (Å²) in [5.74, 6) is -0.0764. The topological polar surface area (TPSA) is 134 Å². The van der Waals surface area contributed by atoms with Crippen LogP contribution in [0, 0.1) is 15.9 Å². The lowest BCUT2D eigenvalue weighted by atomic mass is 10.0. The zero-order valence-electron chi connectivity index (χ0n) is 13.9. The van der Waals surface area contributed by atoms with Crippen molar-refractivity contribution >= 4 is 11.4 Å². The molecule has 9 nitrogen and oxygen atoms in total. The first-order chi connectivity index (χ1) is 12.8. The van der Waals surface area contributed by atoms with E-state index in [9.17, 15) is 29.8 Å². The third-order valence-corrected chi connectivity index (χ3v) is 3.96. The Morgan fingerprint density at radius 3 is 2.48 bits per heavy atom. The summed E-state index contributed by atoms with van der Waals surface area (Å²) in [6, 6.07) is 8.91. The van der Waals surface area contributed by atoms with Crippen molar-refractivity contribution in [1.82, 2.24) is 0 Å². The van der Waals surface area contributed by atoms with E-state index in [2.05, 4.69) is 5.32 Å². The average molecular weight is 380 g/mol. The van der Waals surface area contributed by atoms with E-state index in [1.807, 2.05) is 0 Å². The van der Waals surface area contributed by atoms with Gasteiger partial charge in [-0.1, -0.05) is 0 Å². The number of anilines is 1. The molecule has 144 valence electrons. The van der Waals surface area contributed by atoms with Crippen molar-refractivity contribution in [3.05, 3.63) is 58.4 Å². The molecule has 3 rings (SSSR count). The summed E-state index contributed by atoms with van der Waals surface area (Å²) in [5.41, 5.74) is -0.100. The van der Waals surface area contributed by atoms with E-state index >= 15 is 0 Å². The molecule has 4 N–H and O–H groups in total. The minimum absolute atomic E-state index is 0.101. The van der Waals surface area contributed by atoms with Crippen LogP contribution in [0.5, 0.6) is 11.5 Å². The zero-order valence-corrected chi connectivity index (χ0v) is 13.9. The Morgan fingerprint density at radius 2 is 1.81 bits per heavy atom. The first-order valence-electron chi connectivity index (χ1n) is 7.99. The number of hydrogen-bond acceptors (Lipinski definition) is 8. The molecule has 0 bridgehead atoms. The van der Waals surface area contributed by atoms with Crippen LogP contribution in [-0.2, 0) is 4.74 Å². The highest BCUT2D eigenvalue weighted by molar-refractivity contribution is 5.57. The number of benzene rings is 2. The minimum Gasteiger partial charge on any atom is -0.457 e. The quantitative estimate of drug-likeness (QED) is 0.451. The van der Waals surface area contributed by atoms with E-state index in [-0.39, 0.29) is 29.5 Å². The predicted molar refractivity (Wildman–Crippen MR) is 91.0 cm³/mol. The Kier molecular flexibility index (Phi) is 5.51. The lowest BCUT2D eigenvalue weighted by Gasteiger charge is -2.35. The van der Waals surface area contributed by atoms with Crippen LogP contribution in [0.4, 0.5) is 15.8 Å². The van der Waals surface area contributed by atoms with Crippen molar-refractivity contribution < 1.29 is 34.1 Å². The highest BCUT2D eigenvalue weighted by atomic mass is 19.1. The van der Waals surface area contributed by atoms with Gasteiger partial charge in [0, 0.05) is 17.8 Å². The maximum Gasteiger partial charge on any atom is 0.275 e. The van der Waals surface area contributed by atoms with Crippen LogP contribution in [0.15, 0.2) is 42.5 Å². The molecule has 27 heavy (non-hydrogen) atoms. The first-order valence-corrected chi connectivity index (χ1v) is 7.99. The van der Waals surface area contributed by atoms with E-state index in [0.717, 1.165) is 0 Å². The van der Waals surface area contributed by atoms with Gasteiger partial charge in [0.2, 0.25) is 0 Å². The van der Waals surface area contributed by atoms with Gasteiger partial charge in [0.15, 0.2) is 6.23 Å². The van der Waals surface area contributed by atoms with Crippen LogP contribution in [-0.4, -0.2) is 51.4 Å². The number of non-ortho nitro benzene ring substituents is 1. The van der Waals surface area contributed by atoms with Crippen LogP contribution in [0.1, 0.15) is 0 Å². The zero-order chi connectivity index (χ0) is 19.6. The van der Waals surface area contributed by atoms with Gasteiger partial charge in [-0.15, -0.1) is 0 Å². The normalized spacial score (nSPS) is 25.0. The molecule has 1 fully saturated rings. The molecule has 4 atom stereocenters. The number of nitrogens with one attached hydrogen (secondary N) is 1. The van der Waals surface area contributed by atoms with Crippen LogP contribution in [0.25, 0.3) is 0 Å². The Hall–Kier alpha value is -2.79. The molecule has 0 saturated carbocycles. The number of nitro groups is 1. The molecule has 0 radical (unpaired) electrons. The maximum absolute atomic E-state index is 13.0. The third kappa shape index (κ3) is 4.49. The van der Waals surface area contributed by atoms with Crippen LogP contribution in [0.2, 0.25) is 0 Å². The maximum atomic E-state index is 13.0. The molecule has 10 heteroatoms. The van der Waals surface area contributed by atoms with Gasteiger partial charge in [0.05, 0.1) is 17.6 Å². The summed E-state index contributed by atoms with van der Waals surface area (Å²) >= 11 is 0. The number of hydrogen-bond donors (Lipinski definition) is 4. The number of nitrogens with zero attached hydrogens (tertiary/aromatic N) is 1. The number of aliphatic hydroxyl groups is 3. The molecule has 1 saturated heterocycles. The second-order valence-electron chi connectivity index (χ2n) is 5.98. The smallest absolute Gasteiger partial charge is 0.275 e. The number of aliphatic hydroxyl groups excluding tert-OH is 3. The molecule has 1 aliphatic heterocycles. The summed E-state index contributed by atoms with van der Waals surface area (Å²) < 4.78 is 23.7. The van der Waals surface area contributed by atoms with E-state index in [1.165, 1.54) is 42.5 Å². The van der Waals surface area contributed by atoms with Crippen LogP contribution >= 0.6 is 0 Å². The van der Waals surface area contributed by atoms with Crippen molar-refractivity contribution in [3.63, 3.8) is 0 Å². The van der Waals surface area contributed by atoms with Crippen molar-refractivity contribution in [1.29, 1.82) is 0 Å². The summed E-state index contributed by atoms with van der Waals surface area (Å²) in [6.07, 6.45) is -5.20. The fraction of sp³-hybridized carbons (Fsp3) is 0.294. The van der Waals surface area contributed by atoms with Crippen molar-refractivity contribution in [2.45, 2.75) is 24.5 Å². The van der Waals surface area contributed by atoms with Gasteiger partial charge in [-0.25, -0.2) is 4.39 Å². The molecule has 2 aromatic carbocycles. The molecule has 0 aromatic heterocycles. The Bertz CT molecular complexity index is 817. The van der Waals surface area contributed by atoms with Crippen LogP contribution < -0.4 is 10.1 Å². The summed E-state index contributed by atoms with van der Waals surface area (Å²) in [4.78, 5) is 10.5. The van der Waals surface area contributed by atoms with Crippen molar-refractivity contribution in [3.8, 4) is 11.5 Å². The third-order valence-electron chi connectivity index (χ3n) is 3.96. The first kappa shape index (κ1) is 19.0. The second-order valence-corrected chi connectivity index (χ2v) is 5.98. The molecule has 0 amide bonds. The monoisotopic (exact) mass is 380 g/mol. The SMILES string of the molecule is O=[N+]([O-])c1cc(NC2OCC(O)C(O)C2O)cc(Oc2ccc(F)cc2)c1.